The van der Waals surface area contributed by atoms with Crippen LogP contribution in [0.2, 0.25) is 0 Å². The lowest BCUT2D eigenvalue weighted by Crippen LogP contribution is -1.90. The predicted molar refractivity (Wildman–Crippen MR) is 60.8 cm³/mol. The van der Waals surface area contributed by atoms with E-state index in [1.807, 2.05) is 26.0 Å². The summed E-state index contributed by atoms with van der Waals surface area (Å²) in [5, 5.41) is 7.66. The Morgan fingerprint density at radius 1 is 1.12 bits per heavy atom. The lowest BCUT2D eigenvalue weighted by atomic mass is 10.2. The Bertz CT molecular complexity index is 511. The van der Waals surface area contributed by atoms with Gasteiger partial charge in [0.05, 0.1) is 17.6 Å². The van der Waals surface area contributed by atoms with Gasteiger partial charge in [0, 0.05) is 6.07 Å². The normalized spacial score (nSPS) is 10.1. The van der Waals surface area contributed by atoms with E-state index in [2.05, 4.69) is 10.2 Å². The Kier molecular flexibility index (Phi) is 2.72. The Morgan fingerprint density at radius 2 is 1.94 bits per heavy atom. The third-order valence-electron chi connectivity index (χ3n) is 2.19. The molecule has 0 aliphatic heterocycles. The fourth-order valence-corrected chi connectivity index (χ4v) is 1.34. The monoisotopic (exact) mass is 214 g/mol. The molecule has 0 saturated carbocycles. The summed E-state index contributed by atoms with van der Waals surface area (Å²) in [6.07, 6.45) is 1.57. The lowest BCUT2D eigenvalue weighted by Gasteiger charge is -2.06. The van der Waals surface area contributed by atoms with E-state index < -0.39 is 0 Å². The van der Waals surface area contributed by atoms with Crippen LogP contribution in [0.1, 0.15) is 11.3 Å². The minimum atomic E-state index is 0.511. The van der Waals surface area contributed by atoms with Crippen molar-refractivity contribution in [3.05, 3.63) is 41.7 Å². The van der Waals surface area contributed by atoms with Crippen LogP contribution in [0, 0.1) is 13.8 Å². The standard InChI is InChI=1S/C12H12N3O/c1-8-5-10(3-4-12(8)13)16-11-6-9(2)15-14-7-11/h3-7,13H,1-2H3. The zero-order valence-corrected chi connectivity index (χ0v) is 9.19. The number of hydrogen-bond acceptors (Lipinski definition) is 3. The maximum Gasteiger partial charge on any atom is 0.149 e. The van der Waals surface area contributed by atoms with Crippen LogP contribution >= 0.6 is 0 Å². The molecule has 1 N–H and O–H groups in total. The van der Waals surface area contributed by atoms with Crippen LogP contribution in [0.15, 0.2) is 30.5 Å². The Balaban J connectivity index is 2.24. The van der Waals surface area contributed by atoms with Crippen LogP contribution in [0.5, 0.6) is 11.5 Å². The van der Waals surface area contributed by atoms with E-state index in [0.717, 1.165) is 11.3 Å². The molecular formula is C12H12N3O. The van der Waals surface area contributed by atoms with Gasteiger partial charge >= 0.3 is 0 Å². The van der Waals surface area contributed by atoms with Gasteiger partial charge in [-0.1, -0.05) is 0 Å². The quantitative estimate of drug-likeness (QED) is 0.772. The predicted octanol–water partition coefficient (Wildman–Crippen LogP) is 2.80. The fourth-order valence-electron chi connectivity index (χ4n) is 1.34. The van der Waals surface area contributed by atoms with Crippen LogP contribution in [0.3, 0.4) is 0 Å². The van der Waals surface area contributed by atoms with Crippen LogP contribution in [0.4, 0.5) is 5.69 Å². The highest BCUT2D eigenvalue weighted by Gasteiger charge is 2.01. The van der Waals surface area contributed by atoms with Crippen molar-refractivity contribution in [1.82, 2.24) is 15.9 Å². The molecule has 0 amide bonds. The first-order valence-electron chi connectivity index (χ1n) is 4.94. The molecule has 1 aromatic heterocycles. The van der Waals surface area contributed by atoms with E-state index in [1.165, 1.54) is 0 Å². The molecule has 1 radical (unpaired) electrons. The summed E-state index contributed by atoms with van der Waals surface area (Å²) in [6, 6.07) is 7.13. The first kappa shape index (κ1) is 10.4. The van der Waals surface area contributed by atoms with Gasteiger partial charge in [0.1, 0.15) is 11.5 Å². The molecule has 1 heterocycles. The first-order valence-corrected chi connectivity index (χ1v) is 4.94. The number of aryl methyl sites for hydroxylation is 2. The average Bonchev–Trinajstić information content (AvgIpc) is 2.24. The number of nitrogens with zero attached hydrogens (tertiary/aromatic N) is 2. The highest BCUT2D eigenvalue weighted by Crippen LogP contribution is 2.24. The van der Waals surface area contributed by atoms with Crippen molar-refractivity contribution < 1.29 is 4.74 Å². The highest BCUT2D eigenvalue weighted by atomic mass is 16.5. The zero-order valence-electron chi connectivity index (χ0n) is 9.19. The summed E-state index contributed by atoms with van der Waals surface area (Å²) in [4.78, 5) is 0. The topological polar surface area (TPSA) is 58.8 Å². The van der Waals surface area contributed by atoms with Gasteiger partial charge < -0.3 is 10.5 Å². The Morgan fingerprint density at radius 3 is 2.62 bits per heavy atom. The van der Waals surface area contributed by atoms with Crippen LogP contribution in [-0.4, -0.2) is 10.2 Å². The van der Waals surface area contributed by atoms with Crippen molar-refractivity contribution in [2.75, 3.05) is 0 Å². The summed E-state index contributed by atoms with van der Waals surface area (Å²) in [7, 11) is 0. The van der Waals surface area contributed by atoms with Gasteiger partial charge in [-0.2, -0.15) is 10.2 Å². The van der Waals surface area contributed by atoms with Crippen molar-refractivity contribution in [3.8, 4) is 11.5 Å². The average molecular weight is 214 g/mol. The number of rotatable bonds is 2. The molecule has 0 atom stereocenters. The van der Waals surface area contributed by atoms with Crippen molar-refractivity contribution in [1.29, 1.82) is 0 Å². The number of hydrogen-bond donors (Lipinski definition) is 0. The SMILES string of the molecule is Cc1cc(Oc2ccc([NH])c(C)c2)cnn1. The molecule has 0 fully saturated rings. The molecule has 16 heavy (non-hydrogen) atoms. The number of nitrogens with one attached hydrogen (secondary N) is 1. The molecule has 4 heteroatoms. The van der Waals surface area contributed by atoms with E-state index in [1.54, 1.807) is 18.3 Å². The summed E-state index contributed by atoms with van der Waals surface area (Å²) in [5.74, 6) is 1.37. The highest BCUT2D eigenvalue weighted by molar-refractivity contribution is 5.47. The Hall–Kier alpha value is -2.10. The maximum absolute atomic E-state index is 7.55. The van der Waals surface area contributed by atoms with Gasteiger partial charge in [-0.25, -0.2) is 0 Å². The van der Waals surface area contributed by atoms with Gasteiger partial charge in [-0.3, -0.25) is 0 Å². The minimum Gasteiger partial charge on any atom is -0.456 e. The van der Waals surface area contributed by atoms with Crippen LogP contribution in [0.25, 0.3) is 0 Å². The van der Waals surface area contributed by atoms with Gasteiger partial charge in [-0.15, -0.1) is 0 Å². The molecule has 2 aromatic rings. The van der Waals surface area contributed by atoms with Crippen LogP contribution in [-0.2, 0) is 0 Å². The van der Waals surface area contributed by atoms with Gasteiger partial charge in [0.2, 0.25) is 0 Å². The molecule has 0 aliphatic carbocycles. The maximum atomic E-state index is 7.55. The number of benzene rings is 1. The molecule has 0 spiro atoms. The molecule has 81 valence electrons. The van der Waals surface area contributed by atoms with E-state index in [9.17, 15) is 0 Å². The van der Waals surface area contributed by atoms with E-state index in [-0.39, 0.29) is 0 Å². The number of ether oxygens (including phenoxy) is 1. The van der Waals surface area contributed by atoms with E-state index in [0.29, 0.717) is 17.2 Å². The molecule has 1 aromatic carbocycles. The number of aromatic nitrogens is 2. The summed E-state index contributed by atoms with van der Waals surface area (Å²) < 4.78 is 5.61. The van der Waals surface area contributed by atoms with Crippen molar-refractivity contribution in [2.45, 2.75) is 13.8 Å². The fraction of sp³-hybridized carbons (Fsp3) is 0.167. The van der Waals surface area contributed by atoms with Crippen molar-refractivity contribution in [2.24, 2.45) is 0 Å². The molecule has 0 bridgehead atoms. The molecule has 0 aliphatic rings. The van der Waals surface area contributed by atoms with Gasteiger partial charge in [0.15, 0.2) is 0 Å². The zero-order chi connectivity index (χ0) is 11.5. The molecule has 2 rings (SSSR count). The van der Waals surface area contributed by atoms with E-state index in [4.69, 9.17) is 10.5 Å². The molecular weight excluding hydrogens is 202 g/mol. The smallest absolute Gasteiger partial charge is 0.149 e. The second kappa shape index (κ2) is 4.18. The van der Waals surface area contributed by atoms with Gasteiger partial charge in [0.25, 0.3) is 0 Å². The second-order valence-electron chi connectivity index (χ2n) is 3.61. The largest absolute Gasteiger partial charge is 0.456 e. The minimum absolute atomic E-state index is 0.511. The third-order valence-corrected chi connectivity index (χ3v) is 2.19. The summed E-state index contributed by atoms with van der Waals surface area (Å²) >= 11 is 0. The summed E-state index contributed by atoms with van der Waals surface area (Å²) in [6.45, 7) is 3.74. The van der Waals surface area contributed by atoms with Crippen molar-refractivity contribution in [3.63, 3.8) is 0 Å². The Labute approximate surface area is 94.1 Å². The van der Waals surface area contributed by atoms with Crippen LogP contribution < -0.4 is 10.5 Å². The molecule has 4 nitrogen and oxygen atoms in total. The summed E-state index contributed by atoms with van der Waals surface area (Å²) in [5.41, 5.74) is 9.76. The van der Waals surface area contributed by atoms with E-state index >= 15 is 0 Å². The molecule has 0 saturated heterocycles. The molecule has 0 unspecified atom stereocenters. The third kappa shape index (κ3) is 2.28. The van der Waals surface area contributed by atoms with Gasteiger partial charge in [-0.05, 0) is 37.6 Å². The lowest BCUT2D eigenvalue weighted by molar-refractivity contribution is 0.477. The van der Waals surface area contributed by atoms with Crippen molar-refractivity contribution >= 4 is 5.69 Å². The second-order valence-corrected chi connectivity index (χ2v) is 3.61. The first-order chi connectivity index (χ1) is 7.65.